The van der Waals surface area contributed by atoms with Crippen LogP contribution in [0.3, 0.4) is 0 Å². The van der Waals surface area contributed by atoms with Crippen molar-refractivity contribution in [3.63, 3.8) is 0 Å². The van der Waals surface area contributed by atoms with E-state index in [1.807, 2.05) is 0 Å². The average Bonchev–Trinajstić information content (AvgIpc) is 2.41. The number of hydrogen-bond donors (Lipinski definition) is 2. The van der Waals surface area contributed by atoms with Gasteiger partial charge in [0.05, 0.1) is 0 Å². The molecule has 0 bridgehead atoms. The summed E-state index contributed by atoms with van der Waals surface area (Å²) in [5.74, 6) is -30.9. The lowest BCUT2D eigenvalue weighted by Crippen LogP contribution is -2.70. The van der Waals surface area contributed by atoms with Crippen molar-refractivity contribution >= 4 is 10.1 Å². The fourth-order valence-corrected chi connectivity index (χ4v) is 1.87. The molecule has 0 aliphatic heterocycles. The molecule has 0 heterocycles. The van der Waals surface area contributed by atoms with Crippen molar-refractivity contribution in [2.24, 2.45) is 0 Å². The summed E-state index contributed by atoms with van der Waals surface area (Å²) in [7, 11) is -7.58. The summed E-state index contributed by atoms with van der Waals surface area (Å²) < 4.78 is 206. The summed E-state index contributed by atoms with van der Waals surface area (Å²) in [6, 6.07) is 0. The fourth-order valence-electron chi connectivity index (χ4n) is 1.42. The third-order valence-electron chi connectivity index (χ3n) is 2.97. The predicted octanol–water partition coefficient (Wildman–Crippen LogP) is 4.85. The first-order valence-electron chi connectivity index (χ1n) is 5.95. The molecule has 4 nitrogen and oxygen atoms in total. The molecule has 0 aliphatic rings. The zero-order valence-electron chi connectivity index (χ0n) is 12.7. The van der Waals surface area contributed by atoms with Crippen LogP contribution in [0.2, 0.25) is 0 Å². The highest BCUT2D eigenvalue weighted by Crippen LogP contribution is 2.59. The van der Waals surface area contributed by atoms with Crippen molar-refractivity contribution in [2.45, 2.75) is 54.1 Å². The van der Waals surface area contributed by atoms with E-state index in [1.54, 1.807) is 0 Å². The Morgan fingerprint density at radius 1 is 0.714 bits per heavy atom. The Balaban J connectivity index is 0. The van der Waals surface area contributed by atoms with E-state index in [0.717, 1.165) is 0 Å². The third-order valence-corrected chi connectivity index (χ3v) is 3.88. The second-order valence-corrected chi connectivity index (χ2v) is 6.42. The van der Waals surface area contributed by atoms with Crippen molar-refractivity contribution in [3.05, 3.63) is 0 Å². The Hall–Kier alpha value is -1.11. The average molecular weight is 477 g/mol. The second-order valence-electron chi connectivity index (χ2n) is 4.96. The molecule has 28 heavy (non-hydrogen) atoms. The van der Waals surface area contributed by atoms with Gasteiger partial charge in [0.2, 0.25) is 0 Å². The molecule has 4 N–H and O–H groups in total. The lowest BCUT2D eigenvalue weighted by molar-refractivity contribution is -0.397. The van der Waals surface area contributed by atoms with E-state index in [1.165, 1.54) is 0 Å². The molecule has 0 saturated carbocycles. The number of rotatable bonds is 8. The zero-order valence-corrected chi connectivity index (χ0v) is 13.5. The van der Waals surface area contributed by atoms with Gasteiger partial charge in [0.15, 0.2) is 6.17 Å². The summed E-state index contributed by atoms with van der Waals surface area (Å²) in [6.45, 7) is 0. The molecule has 1 atom stereocenters. The van der Waals surface area contributed by atoms with Gasteiger partial charge in [-0.2, -0.15) is 65.5 Å². The van der Waals surface area contributed by atoms with Crippen molar-refractivity contribution in [1.29, 1.82) is 0 Å². The van der Waals surface area contributed by atoms with Gasteiger partial charge in [-0.05, 0) is 6.42 Å². The maximum atomic E-state index is 13.2. The maximum absolute atomic E-state index is 13.2. The van der Waals surface area contributed by atoms with Crippen molar-refractivity contribution in [2.75, 3.05) is 0 Å². The van der Waals surface area contributed by atoms with Gasteiger partial charge in [0.1, 0.15) is 0 Å². The molecular formula is C9H9F14NO3S. The zero-order chi connectivity index (χ0) is 22.5. The smallest absolute Gasteiger partial charge is 0.344 e. The monoisotopic (exact) mass is 477 g/mol. The number of hydrogen-bond acceptors (Lipinski definition) is 3. The van der Waals surface area contributed by atoms with Crippen LogP contribution >= 0.6 is 0 Å². The van der Waals surface area contributed by atoms with Crippen molar-refractivity contribution in [3.8, 4) is 0 Å². The number of halogens is 14. The summed E-state index contributed by atoms with van der Waals surface area (Å²) in [5.41, 5.74) is 0. The van der Waals surface area contributed by atoms with Crippen LogP contribution in [-0.2, 0) is 10.1 Å². The minimum Gasteiger partial charge on any atom is -0.344 e. The Morgan fingerprint density at radius 2 is 1.07 bits per heavy atom. The Morgan fingerprint density at radius 3 is 1.36 bits per heavy atom. The molecule has 0 radical (unpaired) electrons. The highest BCUT2D eigenvalue weighted by Gasteiger charge is 2.89. The maximum Gasteiger partial charge on any atom is 0.438 e. The van der Waals surface area contributed by atoms with Gasteiger partial charge >= 0.3 is 45.2 Å². The largest absolute Gasteiger partial charge is 0.438 e. The Labute approximate surface area is 146 Å². The topological polar surface area (TPSA) is 89.4 Å². The van der Waals surface area contributed by atoms with Gasteiger partial charge < -0.3 is 6.15 Å². The van der Waals surface area contributed by atoms with Crippen LogP contribution < -0.4 is 6.15 Å². The molecule has 0 aliphatic carbocycles. The lowest BCUT2D eigenvalue weighted by atomic mass is 9.93. The SMILES string of the molecule is N.O=S(=O)(O)C(F)(F)C(F)(F)C(F)(F)C(F)(F)C(F)(F)C(F)CCC(F)(F)F. The van der Waals surface area contributed by atoms with Crippen LogP contribution in [0.25, 0.3) is 0 Å². The predicted molar refractivity (Wildman–Crippen MR) is 61.5 cm³/mol. The lowest BCUT2D eigenvalue weighted by Gasteiger charge is -2.39. The van der Waals surface area contributed by atoms with Gasteiger partial charge in [-0.25, -0.2) is 4.39 Å². The van der Waals surface area contributed by atoms with Gasteiger partial charge in [-0.1, -0.05) is 0 Å². The van der Waals surface area contributed by atoms with Crippen molar-refractivity contribution in [1.82, 2.24) is 6.15 Å². The molecule has 0 rings (SSSR count). The Kier molecular flexibility index (Phi) is 7.91. The van der Waals surface area contributed by atoms with Gasteiger partial charge in [-0.3, -0.25) is 4.55 Å². The van der Waals surface area contributed by atoms with E-state index < -0.39 is 64.3 Å². The molecule has 0 amide bonds. The number of alkyl halides is 14. The minimum absolute atomic E-state index is 0. The summed E-state index contributed by atoms with van der Waals surface area (Å²) >= 11 is 0. The van der Waals surface area contributed by atoms with E-state index in [2.05, 4.69) is 0 Å². The molecular weight excluding hydrogens is 468 g/mol. The highest BCUT2D eigenvalue weighted by molar-refractivity contribution is 7.87. The van der Waals surface area contributed by atoms with Crippen LogP contribution in [0.15, 0.2) is 0 Å². The second kappa shape index (κ2) is 7.62. The van der Waals surface area contributed by atoms with E-state index in [0.29, 0.717) is 0 Å². The first-order chi connectivity index (χ1) is 11.4. The molecule has 0 aromatic rings. The minimum atomic E-state index is -8.05. The van der Waals surface area contributed by atoms with Crippen LogP contribution in [0.4, 0.5) is 61.5 Å². The van der Waals surface area contributed by atoms with Crippen LogP contribution in [0.1, 0.15) is 12.8 Å². The van der Waals surface area contributed by atoms with Gasteiger partial charge in [0.25, 0.3) is 0 Å². The highest BCUT2D eigenvalue weighted by atomic mass is 32.2. The first kappa shape index (κ1) is 29.1. The van der Waals surface area contributed by atoms with Crippen molar-refractivity contribution < 1.29 is 74.4 Å². The molecule has 0 aromatic heterocycles. The normalized spacial score (nSPS) is 16.5. The molecule has 0 fully saturated rings. The fraction of sp³-hybridized carbons (Fsp3) is 1.00. The molecule has 1 unspecified atom stereocenters. The van der Waals surface area contributed by atoms with Crippen LogP contribution in [-0.4, -0.2) is 54.3 Å². The van der Waals surface area contributed by atoms with Crippen LogP contribution in [0.5, 0.6) is 0 Å². The quantitative estimate of drug-likeness (QED) is 0.387. The van der Waals surface area contributed by atoms with Gasteiger partial charge in [-0.15, -0.1) is 0 Å². The summed E-state index contributed by atoms with van der Waals surface area (Å²) in [4.78, 5) is 0. The Bertz CT molecular complexity index is 643. The molecule has 19 heteroatoms. The molecule has 172 valence electrons. The van der Waals surface area contributed by atoms with Gasteiger partial charge in [0, 0.05) is 6.42 Å². The third kappa shape index (κ3) is 4.55. The molecule has 0 saturated heterocycles. The van der Waals surface area contributed by atoms with E-state index >= 15 is 0 Å². The summed E-state index contributed by atoms with van der Waals surface area (Å²) in [6.07, 6.45) is -15.6. The van der Waals surface area contributed by atoms with E-state index in [4.69, 9.17) is 4.55 Å². The van der Waals surface area contributed by atoms with E-state index in [9.17, 15) is 69.9 Å². The molecule has 0 aromatic carbocycles. The summed E-state index contributed by atoms with van der Waals surface area (Å²) in [5, 5.41) is -7.46. The first-order valence-corrected chi connectivity index (χ1v) is 7.39. The standard InChI is InChI=1S/C9H6F14O3S.H3N/c10-3(1-2-4(11,12)13)5(14,15)6(16,17)7(18,19)8(20,21)9(22,23)27(24,25)26;/h3H,1-2H2,(H,24,25,26);1H3. The van der Waals surface area contributed by atoms with E-state index in [-0.39, 0.29) is 6.15 Å². The molecule has 0 spiro atoms. The van der Waals surface area contributed by atoms with Crippen LogP contribution in [0, 0.1) is 0 Å².